The van der Waals surface area contributed by atoms with Gasteiger partial charge in [0, 0.05) is 24.6 Å². The molecule has 1 saturated heterocycles. The third-order valence-electron chi connectivity index (χ3n) is 6.27. The minimum Gasteiger partial charge on any atom is -0.323 e. The SMILES string of the molecule is O=C(CN1C(=O)NC2(CCC(F)(F)CC2)C1=O)c1ccc(-n2c(=O)[nH]c3cccnc32)cc1. The Balaban J connectivity index is 1.33. The lowest BCUT2D eigenvalue weighted by Gasteiger charge is -2.34. The van der Waals surface area contributed by atoms with E-state index in [4.69, 9.17) is 0 Å². The Morgan fingerprint density at radius 1 is 1.03 bits per heavy atom. The van der Waals surface area contributed by atoms with Gasteiger partial charge in [0.25, 0.3) is 5.91 Å². The maximum Gasteiger partial charge on any atom is 0.332 e. The Labute approximate surface area is 185 Å². The van der Waals surface area contributed by atoms with Gasteiger partial charge in [0.05, 0.1) is 17.7 Å². The number of H-pyrrole nitrogens is 1. The van der Waals surface area contributed by atoms with Gasteiger partial charge in [-0.3, -0.25) is 14.5 Å². The number of alkyl halides is 2. The quantitative estimate of drug-likeness (QED) is 0.463. The van der Waals surface area contributed by atoms with Crippen molar-refractivity contribution in [2.75, 3.05) is 6.54 Å². The Morgan fingerprint density at radius 2 is 1.73 bits per heavy atom. The number of aromatic nitrogens is 3. The summed E-state index contributed by atoms with van der Waals surface area (Å²) in [7, 11) is 0. The highest BCUT2D eigenvalue weighted by Crippen LogP contribution is 2.41. The number of halogens is 2. The van der Waals surface area contributed by atoms with Crippen molar-refractivity contribution in [2.24, 2.45) is 0 Å². The standard InChI is InChI=1S/C22H19F2N5O4/c23-22(24)9-7-21(8-10-22)18(31)28(20(33)27-21)12-16(30)13-3-5-14(6-4-13)29-17-15(26-19(29)32)2-1-11-25-17/h1-6,11H,7-10,12H2,(H,26,32)(H,27,33). The van der Waals surface area contributed by atoms with Gasteiger partial charge in [-0.2, -0.15) is 0 Å². The fraction of sp³-hybridized carbons (Fsp3) is 0.318. The van der Waals surface area contributed by atoms with Gasteiger partial charge in [0.15, 0.2) is 11.4 Å². The fourth-order valence-electron chi connectivity index (χ4n) is 4.41. The first-order chi connectivity index (χ1) is 15.7. The number of benzene rings is 1. The molecular weight excluding hydrogens is 436 g/mol. The third kappa shape index (κ3) is 3.49. The Bertz CT molecular complexity index is 1330. The van der Waals surface area contributed by atoms with Gasteiger partial charge >= 0.3 is 11.7 Å². The van der Waals surface area contributed by atoms with Crippen molar-refractivity contribution >= 4 is 28.9 Å². The molecule has 2 N–H and O–H groups in total. The van der Waals surface area contributed by atoms with Crippen molar-refractivity contribution in [1.29, 1.82) is 0 Å². The normalized spacial score (nSPS) is 19.3. The summed E-state index contributed by atoms with van der Waals surface area (Å²) in [5.41, 5.74) is -0.0351. The van der Waals surface area contributed by atoms with Crippen LogP contribution >= 0.6 is 0 Å². The van der Waals surface area contributed by atoms with Crippen LogP contribution in [-0.4, -0.2) is 55.2 Å². The van der Waals surface area contributed by atoms with E-state index in [-0.39, 0.29) is 24.1 Å². The number of imidazole rings is 1. The van der Waals surface area contributed by atoms with Crippen LogP contribution in [0.4, 0.5) is 13.6 Å². The van der Waals surface area contributed by atoms with E-state index in [1.807, 2.05) is 0 Å². The number of rotatable bonds is 4. The molecule has 2 aromatic heterocycles. The molecule has 0 unspecified atom stereocenters. The molecule has 1 aliphatic carbocycles. The molecule has 5 rings (SSSR count). The van der Waals surface area contributed by atoms with Gasteiger partial charge in [-0.25, -0.2) is 27.9 Å². The van der Waals surface area contributed by atoms with Crippen LogP contribution in [0.3, 0.4) is 0 Å². The Morgan fingerprint density at radius 3 is 2.42 bits per heavy atom. The van der Waals surface area contributed by atoms with Crippen LogP contribution in [0.25, 0.3) is 16.9 Å². The molecule has 2 aliphatic rings. The predicted octanol–water partition coefficient (Wildman–Crippen LogP) is 2.40. The number of carbonyl (C=O) groups is 3. The number of urea groups is 1. The largest absolute Gasteiger partial charge is 0.332 e. The molecule has 1 aliphatic heterocycles. The molecule has 3 aromatic rings. The molecule has 1 aromatic carbocycles. The lowest BCUT2D eigenvalue weighted by Crippen LogP contribution is -2.51. The number of nitrogens with zero attached hydrogens (tertiary/aromatic N) is 3. The molecule has 9 nitrogen and oxygen atoms in total. The topological polar surface area (TPSA) is 117 Å². The molecule has 0 radical (unpaired) electrons. The third-order valence-corrected chi connectivity index (χ3v) is 6.27. The smallest absolute Gasteiger partial charge is 0.323 e. The van der Waals surface area contributed by atoms with Gasteiger partial charge in [-0.1, -0.05) is 0 Å². The predicted molar refractivity (Wildman–Crippen MR) is 112 cm³/mol. The van der Waals surface area contributed by atoms with E-state index < -0.39 is 48.6 Å². The lowest BCUT2D eigenvalue weighted by atomic mass is 9.80. The summed E-state index contributed by atoms with van der Waals surface area (Å²) in [6, 6.07) is 8.76. The molecule has 11 heteroatoms. The van der Waals surface area contributed by atoms with Crippen LogP contribution in [0.1, 0.15) is 36.0 Å². The van der Waals surface area contributed by atoms with E-state index in [1.54, 1.807) is 30.5 Å². The van der Waals surface area contributed by atoms with Gasteiger partial charge in [-0.15, -0.1) is 0 Å². The molecule has 33 heavy (non-hydrogen) atoms. The molecule has 170 valence electrons. The average molecular weight is 455 g/mol. The first kappa shape index (κ1) is 21.0. The number of aromatic amines is 1. The molecule has 1 spiro atoms. The Hall–Kier alpha value is -3.89. The number of amides is 3. The average Bonchev–Trinajstić information content (AvgIpc) is 3.24. The number of nitrogens with one attached hydrogen (secondary N) is 2. The highest BCUT2D eigenvalue weighted by Gasteiger charge is 2.55. The van der Waals surface area contributed by atoms with Crippen molar-refractivity contribution in [3.63, 3.8) is 0 Å². The summed E-state index contributed by atoms with van der Waals surface area (Å²) in [6.07, 6.45) is 0.228. The second-order valence-corrected chi connectivity index (χ2v) is 8.37. The summed E-state index contributed by atoms with van der Waals surface area (Å²) in [5, 5.41) is 2.52. The highest BCUT2D eigenvalue weighted by atomic mass is 19.3. The van der Waals surface area contributed by atoms with Crippen molar-refractivity contribution in [3.05, 3.63) is 58.6 Å². The van der Waals surface area contributed by atoms with Crippen LogP contribution in [0.2, 0.25) is 0 Å². The van der Waals surface area contributed by atoms with Crippen LogP contribution in [0.15, 0.2) is 47.4 Å². The van der Waals surface area contributed by atoms with Crippen molar-refractivity contribution in [1.82, 2.24) is 24.8 Å². The zero-order valence-electron chi connectivity index (χ0n) is 17.3. The second kappa shape index (κ2) is 7.32. The molecule has 3 heterocycles. The number of hydrogen-bond donors (Lipinski definition) is 2. The summed E-state index contributed by atoms with van der Waals surface area (Å²) in [4.78, 5) is 58.0. The summed E-state index contributed by atoms with van der Waals surface area (Å²) >= 11 is 0. The van der Waals surface area contributed by atoms with Crippen LogP contribution < -0.4 is 11.0 Å². The molecule has 1 saturated carbocycles. The zero-order chi connectivity index (χ0) is 23.4. The van der Waals surface area contributed by atoms with Crippen LogP contribution in [-0.2, 0) is 4.79 Å². The first-order valence-electron chi connectivity index (χ1n) is 10.4. The fourth-order valence-corrected chi connectivity index (χ4v) is 4.41. The van der Waals surface area contributed by atoms with Gasteiger partial charge in [0.1, 0.15) is 5.54 Å². The summed E-state index contributed by atoms with van der Waals surface area (Å²) in [6.45, 7) is -0.503. The van der Waals surface area contributed by atoms with Crippen molar-refractivity contribution in [3.8, 4) is 5.69 Å². The molecule has 2 fully saturated rings. The molecule has 0 bridgehead atoms. The van der Waals surface area contributed by atoms with E-state index in [9.17, 15) is 28.0 Å². The lowest BCUT2D eigenvalue weighted by molar-refractivity contribution is -0.135. The number of hydrogen-bond acceptors (Lipinski definition) is 5. The maximum atomic E-state index is 13.5. The van der Waals surface area contributed by atoms with Crippen molar-refractivity contribution < 1.29 is 23.2 Å². The Kier molecular flexibility index (Phi) is 4.66. The van der Waals surface area contributed by atoms with Crippen LogP contribution in [0.5, 0.6) is 0 Å². The van der Waals surface area contributed by atoms with E-state index in [0.29, 0.717) is 16.9 Å². The first-order valence-corrected chi connectivity index (χ1v) is 10.4. The minimum absolute atomic E-state index is 0.169. The number of Topliss-reactive ketones (excluding diaryl/α,β-unsaturated/α-hetero) is 1. The molecule has 0 atom stereocenters. The van der Waals surface area contributed by atoms with Crippen LogP contribution in [0, 0.1) is 0 Å². The number of carbonyl (C=O) groups excluding carboxylic acids is 3. The monoisotopic (exact) mass is 455 g/mol. The minimum atomic E-state index is -2.86. The summed E-state index contributed by atoms with van der Waals surface area (Å²) < 4.78 is 28.4. The number of fused-ring (bicyclic) bond motifs is 1. The van der Waals surface area contributed by atoms with Gasteiger partial charge < -0.3 is 10.3 Å². The van der Waals surface area contributed by atoms with Crippen molar-refractivity contribution in [2.45, 2.75) is 37.1 Å². The number of ketones is 1. The summed E-state index contributed by atoms with van der Waals surface area (Å²) in [5.74, 6) is -4.00. The zero-order valence-corrected chi connectivity index (χ0v) is 17.3. The number of imide groups is 1. The highest BCUT2D eigenvalue weighted by molar-refractivity contribution is 6.11. The van der Waals surface area contributed by atoms with E-state index in [0.717, 1.165) is 4.90 Å². The molecule has 3 amide bonds. The van der Waals surface area contributed by atoms with E-state index in [1.165, 1.54) is 16.7 Å². The van der Waals surface area contributed by atoms with E-state index in [2.05, 4.69) is 15.3 Å². The van der Waals surface area contributed by atoms with E-state index >= 15 is 0 Å². The molecular formula is C22H19F2N5O4. The number of pyridine rings is 1. The van der Waals surface area contributed by atoms with Gasteiger partial charge in [0.2, 0.25) is 5.92 Å². The second-order valence-electron chi connectivity index (χ2n) is 8.37. The van der Waals surface area contributed by atoms with Gasteiger partial charge in [-0.05, 0) is 49.2 Å². The maximum absolute atomic E-state index is 13.5.